The molecule has 5 nitrogen and oxygen atoms in total. The molecule has 29 heavy (non-hydrogen) atoms. The van der Waals surface area contributed by atoms with E-state index < -0.39 is 0 Å². The normalized spacial score (nSPS) is 19.6. The molecule has 0 saturated heterocycles. The zero-order chi connectivity index (χ0) is 19.4. The quantitative estimate of drug-likeness (QED) is 0.504. The van der Waals surface area contributed by atoms with Crippen LogP contribution in [0.1, 0.15) is 33.7 Å². The van der Waals surface area contributed by atoms with Gasteiger partial charge in [0.15, 0.2) is 0 Å². The molecule has 0 aliphatic carbocycles. The van der Waals surface area contributed by atoms with Gasteiger partial charge in [0.25, 0.3) is 0 Å². The Balaban J connectivity index is 1.65. The first-order chi connectivity index (χ1) is 14.3. The van der Waals surface area contributed by atoms with E-state index in [0.29, 0.717) is 0 Å². The Bertz CT molecular complexity index is 1230. The Kier molecular flexibility index (Phi) is 3.61. The van der Waals surface area contributed by atoms with Crippen LogP contribution in [0, 0.1) is 6.92 Å². The molecule has 0 unspecified atom stereocenters. The lowest BCUT2D eigenvalue weighted by molar-refractivity contribution is 0.223. The average Bonchev–Trinajstić information content (AvgIpc) is 3.44. The fraction of sp³-hybridized carbons (Fsp3) is 0.130. The largest absolute Gasteiger partial charge is 0.480 e. The molecule has 0 bridgehead atoms. The SMILES string of the molecule is Cc1ccc2c(c1)C1=C([C@H](c3ccccc3)O2)[C@H](c2cccs2)n2ncnc2N1. The Hall–Kier alpha value is -3.38. The first kappa shape index (κ1) is 16.6. The number of thiophene rings is 1. The van der Waals surface area contributed by atoms with Crippen LogP contribution in [0.3, 0.4) is 0 Å². The van der Waals surface area contributed by atoms with Crippen molar-refractivity contribution >= 4 is 23.0 Å². The standard InChI is InChI=1S/C23H18N4OS/c1-14-9-10-17-16(12-14)20-19(22(28-17)15-6-3-2-4-7-15)21(18-8-5-11-29-18)27-23(26-20)24-13-25-27/h2-13,21-22H,1H3,(H,24,25,26)/t21-,22-/m0/s1. The van der Waals surface area contributed by atoms with Crippen LogP contribution in [0.4, 0.5) is 5.95 Å². The molecule has 6 heteroatoms. The highest BCUT2D eigenvalue weighted by Gasteiger charge is 2.41. The third kappa shape index (κ3) is 2.53. The number of aromatic nitrogens is 3. The molecule has 6 rings (SSSR count). The maximum atomic E-state index is 6.61. The third-order valence-corrected chi connectivity index (χ3v) is 6.41. The van der Waals surface area contributed by atoms with Crippen LogP contribution in [0.25, 0.3) is 5.70 Å². The van der Waals surface area contributed by atoms with Crippen LogP contribution >= 0.6 is 11.3 Å². The van der Waals surface area contributed by atoms with Gasteiger partial charge in [0, 0.05) is 16.0 Å². The molecule has 2 aromatic heterocycles. The van der Waals surface area contributed by atoms with Crippen molar-refractivity contribution in [2.24, 2.45) is 0 Å². The van der Waals surface area contributed by atoms with E-state index in [2.05, 4.69) is 82.3 Å². The average molecular weight is 398 g/mol. The zero-order valence-corrected chi connectivity index (χ0v) is 16.6. The van der Waals surface area contributed by atoms with E-state index in [-0.39, 0.29) is 12.1 Å². The zero-order valence-electron chi connectivity index (χ0n) is 15.7. The molecule has 2 aliphatic heterocycles. The molecular weight excluding hydrogens is 380 g/mol. The lowest BCUT2D eigenvalue weighted by atomic mass is 9.86. The summed E-state index contributed by atoms with van der Waals surface area (Å²) in [5, 5.41) is 10.2. The van der Waals surface area contributed by atoms with E-state index >= 15 is 0 Å². The summed E-state index contributed by atoms with van der Waals surface area (Å²) >= 11 is 1.73. The maximum Gasteiger partial charge on any atom is 0.226 e. The predicted octanol–water partition coefficient (Wildman–Crippen LogP) is 5.21. The lowest BCUT2D eigenvalue weighted by Crippen LogP contribution is -2.32. The van der Waals surface area contributed by atoms with Gasteiger partial charge in [-0.1, -0.05) is 48.0 Å². The number of ether oxygens (including phenoxy) is 1. The topological polar surface area (TPSA) is 52.0 Å². The lowest BCUT2D eigenvalue weighted by Gasteiger charge is -2.38. The minimum atomic E-state index is -0.210. The molecule has 2 atom stereocenters. The molecule has 1 N–H and O–H groups in total. The number of rotatable bonds is 2. The van der Waals surface area contributed by atoms with Gasteiger partial charge in [-0.2, -0.15) is 10.1 Å². The van der Waals surface area contributed by atoms with Crippen molar-refractivity contribution in [2.45, 2.75) is 19.1 Å². The second-order valence-corrected chi connectivity index (χ2v) is 8.29. The second-order valence-electron chi connectivity index (χ2n) is 7.31. The minimum absolute atomic E-state index is 0.0670. The number of hydrogen-bond acceptors (Lipinski definition) is 5. The minimum Gasteiger partial charge on any atom is -0.480 e. The van der Waals surface area contributed by atoms with E-state index in [0.717, 1.165) is 34.1 Å². The molecular formula is C23H18N4OS. The number of benzene rings is 2. The third-order valence-electron chi connectivity index (χ3n) is 5.48. The molecule has 2 aliphatic rings. The summed E-state index contributed by atoms with van der Waals surface area (Å²) in [4.78, 5) is 5.69. The predicted molar refractivity (Wildman–Crippen MR) is 114 cm³/mol. The fourth-order valence-electron chi connectivity index (χ4n) is 4.21. The van der Waals surface area contributed by atoms with Crippen LogP contribution < -0.4 is 10.1 Å². The molecule has 2 aromatic carbocycles. The van der Waals surface area contributed by atoms with Gasteiger partial charge in [0.1, 0.15) is 24.2 Å². The van der Waals surface area contributed by atoms with Crippen LogP contribution in [-0.2, 0) is 0 Å². The molecule has 0 amide bonds. The van der Waals surface area contributed by atoms with Crippen molar-refractivity contribution < 1.29 is 4.74 Å². The Morgan fingerprint density at radius 2 is 1.97 bits per heavy atom. The first-order valence-electron chi connectivity index (χ1n) is 9.56. The van der Waals surface area contributed by atoms with Gasteiger partial charge in [-0.15, -0.1) is 11.3 Å². The first-order valence-corrected chi connectivity index (χ1v) is 10.4. The summed E-state index contributed by atoms with van der Waals surface area (Å²) < 4.78 is 8.57. The molecule has 0 saturated carbocycles. The number of aryl methyl sites for hydroxylation is 1. The van der Waals surface area contributed by atoms with E-state index in [9.17, 15) is 0 Å². The molecule has 0 fully saturated rings. The summed E-state index contributed by atoms with van der Waals surface area (Å²) in [6.07, 6.45) is 1.40. The number of anilines is 1. The van der Waals surface area contributed by atoms with Crippen molar-refractivity contribution in [3.63, 3.8) is 0 Å². The summed E-state index contributed by atoms with van der Waals surface area (Å²) in [7, 11) is 0. The number of fused-ring (bicyclic) bond motifs is 3. The second kappa shape index (κ2) is 6.32. The smallest absolute Gasteiger partial charge is 0.226 e. The number of nitrogens with zero attached hydrogens (tertiary/aromatic N) is 3. The van der Waals surface area contributed by atoms with Gasteiger partial charge in [0.05, 0.1) is 5.70 Å². The van der Waals surface area contributed by atoms with Gasteiger partial charge in [-0.05, 0) is 36.1 Å². The van der Waals surface area contributed by atoms with E-state index in [1.807, 2.05) is 10.7 Å². The molecule has 0 radical (unpaired) electrons. The van der Waals surface area contributed by atoms with Crippen LogP contribution in [0.5, 0.6) is 5.75 Å². The molecule has 142 valence electrons. The monoisotopic (exact) mass is 398 g/mol. The summed E-state index contributed by atoms with van der Waals surface area (Å²) in [5.41, 5.74) is 5.62. The Morgan fingerprint density at radius 1 is 1.07 bits per heavy atom. The molecule has 4 heterocycles. The van der Waals surface area contributed by atoms with Crippen molar-refractivity contribution in [1.82, 2.24) is 14.8 Å². The van der Waals surface area contributed by atoms with Gasteiger partial charge < -0.3 is 10.1 Å². The summed E-state index contributed by atoms with van der Waals surface area (Å²) in [5.74, 6) is 1.64. The highest BCUT2D eigenvalue weighted by molar-refractivity contribution is 7.10. The maximum absolute atomic E-state index is 6.61. The molecule has 4 aromatic rings. The van der Waals surface area contributed by atoms with Gasteiger partial charge in [-0.25, -0.2) is 4.68 Å². The van der Waals surface area contributed by atoms with Crippen molar-refractivity contribution in [2.75, 3.05) is 5.32 Å². The van der Waals surface area contributed by atoms with E-state index in [1.165, 1.54) is 10.4 Å². The Morgan fingerprint density at radius 3 is 2.79 bits per heavy atom. The van der Waals surface area contributed by atoms with Crippen molar-refractivity contribution in [3.8, 4) is 5.75 Å². The van der Waals surface area contributed by atoms with Crippen LogP contribution in [0.15, 0.2) is 77.9 Å². The van der Waals surface area contributed by atoms with Crippen molar-refractivity contribution in [3.05, 3.63) is 99.5 Å². The van der Waals surface area contributed by atoms with Crippen LogP contribution in [0.2, 0.25) is 0 Å². The number of nitrogens with one attached hydrogen (secondary N) is 1. The summed E-state index contributed by atoms with van der Waals surface area (Å²) in [6.45, 7) is 2.10. The summed E-state index contributed by atoms with van der Waals surface area (Å²) in [6, 6.07) is 20.9. The Labute approximate surface area is 172 Å². The molecule has 0 spiro atoms. The van der Waals surface area contributed by atoms with Crippen LogP contribution in [-0.4, -0.2) is 14.8 Å². The van der Waals surface area contributed by atoms with Gasteiger partial charge in [0.2, 0.25) is 5.95 Å². The van der Waals surface area contributed by atoms with Gasteiger partial charge >= 0.3 is 0 Å². The highest BCUT2D eigenvalue weighted by atomic mass is 32.1. The van der Waals surface area contributed by atoms with Gasteiger partial charge in [-0.3, -0.25) is 0 Å². The van der Waals surface area contributed by atoms with E-state index in [4.69, 9.17) is 4.74 Å². The fourth-order valence-corrected chi connectivity index (χ4v) is 5.03. The number of hydrogen-bond donors (Lipinski definition) is 1. The van der Waals surface area contributed by atoms with Crippen molar-refractivity contribution in [1.29, 1.82) is 0 Å². The highest BCUT2D eigenvalue weighted by Crippen LogP contribution is 2.51. The van der Waals surface area contributed by atoms with E-state index in [1.54, 1.807) is 17.7 Å².